The molecule has 136 valence electrons. The molecule has 0 fully saturated rings. The predicted octanol–water partition coefficient (Wildman–Crippen LogP) is 3.42. The SMILES string of the molecule is N#CCCN(Cc1cccnc1)C(=O)COc1cccc(C(F)(F)F)c1. The highest BCUT2D eigenvalue weighted by molar-refractivity contribution is 5.77. The van der Waals surface area contributed by atoms with E-state index in [1.165, 1.54) is 17.0 Å². The van der Waals surface area contributed by atoms with Gasteiger partial charge in [0.2, 0.25) is 0 Å². The van der Waals surface area contributed by atoms with Gasteiger partial charge in [-0.3, -0.25) is 9.78 Å². The van der Waals surface area contributed by atoms with E-state index in [4.69, 9.17) is 10.00 Å². The van der Waals surface area contributed by atoms with Crippen LogP contribution in [0, 0.1) is 11.3 Å². The molecule has 0 aliphatic carbocycles. The van der Waals surface area contributed by atoms with Crippen LogP contribution in [0.25, 0.3) is 0 Å². The predicted molar refractivity (Wildman–Crippen MR) is 86.8 cm³/mol. The molecular weight excluding hydrogens is 347 g/mol. The molecule has 2 aromatic rings. The highest BCUT2D eigenvalue weighted by atomic mass is 19.4. The van der Waals surface area contributed by atoms with Gasteiger partial charge in [-0.05, 0) is 29.8 Å². The Hall–Kier alpha value is -3.08. The highest BCUT2D eigenvalue weighted by Crippen LogP contribution is 2.31. The van der Waals surface area contributed by atoms with E-state index in [0.717, 1.165) is 17.7 Å². The van der Waals surface area contributed by atoms with Crippen LogP contribution in [-0.2, 0) is 17.5 Å². The topological polar surface area (TPSA) is 66.2 Å². The molecule has 26 heavy (non-hydrogen) atoms. The number of hydrogen-bond acceptors (Lipinski definition) is 4. The van der Waals surface area contributed by atoms with Crippen LogP contribution < -0.4 is 4.74 Å². The number of carbonyl (C=O) groups excluding carboxylic acids is 1. The second-order valence-corrected chi connectivity index (χ2v) is 5.40. The first-order valence-corrected chi connectivity index (χ1v) is 7.74. The number of pyridine rings is 1. The summed E-state index contributed by atoms with van der Waals surface area (Å²) in [6, 6.07) is 9.80. The Labute approximate surface area is 148 Å². The summed E-state index contributed by atoms with van der Waals surface area (Å²) < 4.78 is 43.3. The summed E-state index contributed by atoms with van der Waals surface area (Å²) in [7, 11) is 0. The third-order valence-electron chi connectivity index (χ3n) is 3.47. The summed E-state index contributed by atoms with van der Waals surface area (Å²) in [5.41, 5.74) is -0.0722. The average Bonchev–Trinajstić information content (AvgIpc) is 2.63. The molecule has 0 unspecified atom stereocenters. The van der Waals surface area contributed by atoms with Crippen LogP contribution in [0.15, 0.2) is 48.8 Å². The fourth-order valence-corrected chi connectivity index (χ4v) is 2.19. The van der Waals surface area contributed by atoms with Crippen LogP contribution in [0.2, 0.25) is 0 Å². The van der Waals surface area contributed by atoms with E-state index in [-0.39, 0.29) is 25.3 Å². The maximum absolute atomic E-state index is 12.7. The van der Waals surface area contributed by atoms with Crippen molar-refractivity contribution < 1.29 is 22.7 Å². The van der Waals surface area contributed by atoms with Gasteiger partial charge in [-0.2, -0.15) is 18.4 Å². The Bertz CT molecular complexity index is 773. The van der Waals surface area contributed by atoms with Gasteiger partial charge >= 0.3 is 6.18 Å². The van der Waals surface area contributed by atoms with Crippen molar-refractivity contribution in [2.75, 3.05) is 13.2 Å². The van der Waals surface area contributed by atoms with Crippen molar-refractivity contribution in [3.63, 3.8) is 0 Å². The zero-order valence-electron chi connectivity index (χ0n) is 13.7. The van der Waals surface area contributed by atoms with Gasteiger partial charge in [0.25, 0.3) is 5.91 Å². The van der Waals surface area contributed by atoms with E-state index in [1.807, 2.05) is 6.07 Å². The molecular formula is C18H16F3N3O2. The van der Waals surface area contributed by atoms with Crippen LogP contribution in [0.3, 0.4) is 0 Å². The first-order chi connectivity index (χ1) is 12.4. The van der Waals surface area contributed by atoms with Crippen LogP contribution in [0.4, 0.5) is 13.2 Å². The van der Waals surface area contributed by atoms with Crippen molar-refractivity contribution in [1.29, 1.82) is 5.26 Å². The fourth-order valence-electron chi connectivity index (χ4n) is 2.19. The number of ether oxygens (including phenoxy) is 1. The molecule has 8 heteroatoms. The average molecular weight is 363 g/mol. The molecule has 5 nitrogen and oxygen atoms in total. The third kappa shape index (κ3) is 5.77. The van der Waals surface area contributed by atoms with Crippen molar-refractivity contribution in [1.82, 2.24) is 9.88 Å². The molecule has 0 radical (unpaired) electrons. The van der Waals surface area contributed by atoms with E-state index in [9.17, 15) is 18.0 Å². The van der Waals surface area contributed by atoms with Crippen LogP contribution in [-0.4, -0.2) is 28.9 Å². The number of nitrogens with zero attached hydrogens (tertiary/aromatic N) is 3. The molecule has 1 amide bonds. The molecule has 1 aromatic carbocycles. The molecule has 1 heterocycles. The van der Waals surface area contributed by atoms with Gasteiger partial charge in [-0.1, -0.05) is 12.1 Å². The number of alkyl halides is 3. The molecule has 0 spiro atoms. The van der Waals surface area contributed by atoms with Crippen molar-refractivity contribution in [3.8, 4) is 11.8 Å². The summed E-state index contributed by atoms with van der Waals surface area (Å²) in [6.07, 6.45) is -1.15. The standard InChI is InChI=1S/C18H16F3N3O2/c19-18(20,21)15-5-1-6-16(10-15)26-13-17(25)24(9-3-7-22)12-14-4-2-8-23-11-14/h1-2,4-6,8,10-11H,3,9,12-13H2. The number of halogens is 3. The summed E-state index contributed by atoms with van der Waals surface area (Å²) in [4.78, 5) is 17.7. The number of hydrogen-bond donors (Lipinski definition) is 0. The van der Waals surface area contributed by atoms with Crippen molar-refractivity contribution in [3.05, 3.63) is 59.9 Å². The number of aromatic nitrogens is 1. The normalized spacial score (nSPS) is 10.8. The lowest BCUT2D eigenvalue weighted by atomic mass is 10.2. The Morgan fingerprint density at radius 3 is 2.73 bits per heavy atom. The maximum Gasteiger partial charge on any atom is 0.416 e. The second-order valence-electron chi connectivity index (χ2n) is 5.40. The summed E-state index contributed by atoms with van der Waals surface area (Å²) in [5.74, 6) is -0.476. The molecule has 2 rings (SSSR count). The molecule has 0 aliphatic heterocycles. The van der Waals surface area contributed by atoms with E-state index < -0.39 is 24.3 Å². The first-order valence-electron chi connectivity index (χ1n) is 7.74. The van der Waals surface area contributed by atoms with E-state index >= 15 is 0 Å². The van der Waals surface area contributed by atoms with Gasteiger partial charge in [0.1, 0.15) is 5.75 Å². The minimum Gasteiger partial charge on any atom is -0.484 e. The Kier molecular flexibility index (Phi) is 6.55. The number of benzene rings is 1. The Morgan fingerprint density at radius 2 is 2.08 bits per heavy atom. The highest BCUT2D eigenvalue weighted by Gasteiger charge is 2.30. The minimum absolute atomic E-state index is 0.0465. The lowest BCUT2D eigenvalue weighted by Gasteiger charge is -2.22. The van der Waals surface area contributed by atoms with Gasteiger partial charge in [0, 0.05) is 25.5 Å². The largest absolute Gasteiger partial charge is 0.484 e. The summed E-state index contributed by atoms with van der Waals surface area (Å²) in [5, 5.41) is 8.74. The molecule has 0 saturated heterocycles. The van der Waals surface area contributed by atoms with Crippen LogP contribution >= 0.6 is 0 Å². The van der Waals surface area contributed by atoms with Crippen molar-refractivity contribution >= 4 is 5.91 Å². The maximum atomic E-state index is 12.7. The van der Waals surface area contributed by atoms with E-state index in [1.54, 1.807) is 24.5 Å². The molecule has 1 aromatic heterocycles. The van der Waals surface area contributed by atoms with Crippen molar-refractivity contribution in [2.45, 2.75) is 19.1 Å². The van der Waals surface area contributed by atoms with Gasteiger partial charge in [-0.25, -0.2) is 0 Å². The lowest BCUT2D eigenvalue weighted by Crippen LogP contribution is -2.35. The minimum atomic E-state index is -4.48. The smallest absolute Gasteiger partial charge is 0.416 e. The monoisotopic (exact) mass is 363 g/mol. The second kappa shape index (κ2) is 8.85. The third-order valence-corrected chi connectivity index (χ3v) is 3.47. The number of rotatable bonds is 7. The van der Waals surface area contributed by atoms with Crippen molar-refractivity contribution in [2.24, 2.45) is 0 Å². The zero-order valence-corrected chi connectivity index (χ0v) is 13.7. The van der Waals surface area contributed by atoms with Crippen LogP contribution in [0.1, 0.15) is 17.5 Å². The number of carbonyl (C=O) groups is 1. The molecule has 0 aliphatic rings. The van der Waals surface area contributed by atoms with Gasteiger partial charge in [0.15, 0.2) is 6.61 Å². The number of nitriles is 1. The molecule has 0 N–H and O–H groups in total. The molecule has 0 saturated carbocycles. The first kappa shape index (κ1) is 19.2. The van der Waals surface area contributed by atoms with Gasteiger partial charge in [0.05, 0.1) is 18.1 Å². The van der Waals surface area contributed by atoms with Gasteiger partial charge in [-0.15, -0.1) is 0 Å². The Balaban J connectivity index is 2.01. The Morgan fingerprint density at radius 1 is 1.27 bits per heavy atom. The summed E-state index contributed by atoms with van der Waals surface area (Å²) in [6.45, 7) is 0.00346. The number of amides is 1. The lowest BCUT2D eigenvalue weighted by molar-refractivity contribution is -0.137. The van der Waals surface area contributed by atoms with Gasteiger partial charge < -0.3 is 9.64 Å². The quantitative estimate of drug-likeness (QED) is 0.756. The molecule has 0 atom stereocenters. The molecule has 0 bridgehead atoms. The summed E-state index contributed by atoms with van der Waals surface area (Å²) >= 11 is 0. The van der Waals surface area contributed by atoms with E-state index in [2.05, 4.69) is 4.98 Å². The van der Waals surface area contributed by atoms with Crippen LogP contribution in [0.5, 0.6) is 5.75 Å². The van der Waals surface area contributed by atoms with E-state index in [0.29, 0.717) is 0 Å². The zero-order chi connectivity index (χ0) is 19.0. The fraction of sp³-hybridized carbons (Fsp3) is 0.278.